The minimum Gasteiger partial charge on any atom is -0.368 e. The van der Waals surface area contributed by atoms with Crippen LogP contribution < -0.4 is 10.5 Å². The van der Waals surface area contributed by atoms with E-state index in [4.69, 9.17) is 5.73 Å². The Morgan fingerprint density at radius 1 is 1.22 bits per heavy atom. The van der Waals surface area contributed by atoms with Gasteiger partial charge in [0.2, 0.25) is 5.95 Å². The summed E-state index contributed by atoms with van der Waals surface area (Å²) in [6, 6.07) is 3.27. The third-order valence-corrected chi connectivity index (χ3v) is 3.53. The summed E-state index contributed by atoms with van der Waals surface area (Å²) in [4.78, 5) is 11.2. The number of sulfonamides is 1. The van der Waals surface area contributed by atoms with Crippen LogP contribution in [0.1, 0.15) is 5.69 Å². The summed E-state index contributed by atoms with van der Waals surface area (Å²) in [5.41, 5.74) is 6.29. The van der Waals surface area contributed by atoms with Crippen molar-refractivity contribution in [2.24, 2.45) is 0 Å². The summed E-state index contributed by atoms with van der Waals surface area (Å²) in [5.74, 6) is 0.0199. The van der Waals surface area contributed by atoms with Crippen molar-refractivity contribution in [1.82, 2.24) is 15.0 Å². The number of hydrogen-bond donors (Lipinski definition) is 2. The van der Waals surface area contributed by atoms with Crippen molar-refractivity contribution in [3.63, 3.8) is 0 Å². The number of hydrogen-bond acceptors (Lipinski definition) is 6. The number of nitrogen functional groups attached to an aromatic ring is 1. The highest BCUT2D eigenvalue weighted by Gasteiger charge is 2.16. The van der Waals surface area contributed by atoms with E-state index in [-0.39, 0.29) is 10.8 Å². The first-order chi connectivity index (χ1) is 8.49. The number of nitrogens with two attached hydrogens (primary N) is 1. The topological polar surface area (TPSA) is 111 Å². The molecule has 0 fully saturated rings. The first kappa shape index (κ1) is 12.2. The van der Waals surface area contributed by atoms with E-state index in [1.165, 1.54) is 0 Å². The molecule has 2 heterocycles. The van der Waals surface area contributed by atoms with E-state index in [9.17, 15) is 8.42 Å². The lowest BCUT2D eigenvalue weighted by Gasteiger charge is -2.08. The lowest BCUT2D eigenvalue weighted by atomic mass is 10.3. The van der Waals surface area contributed by atoms with Crippen molar-refractivity contribution in [2.75, 3.05) is 10.5 Å². The Morgan fingerprint density at radius 3 is 2.50 bits per heavy atom. The average Bonchev–Trinajstić information content (AvgIpc) is 2.32. The van der Waals surface area contributed by atoms with Crippen LogP contribution in [0.5, 0.6) is 0 Å². The Labute approximate surface area is 104 Å². The van der Waals surface area contributed by atoms with E-state index in [2.05, 4.69) is 19.7 Å². The van der Waals surface area contributed by atoms with E-state index in [0.29, 0.717) is 11.4 Å². The van der Waals surface area contributed by atoms with Crippen LogP contribution in [-0.4, -0.2) is 23.4 Å². The van der Waals surface area contributed by atoms with Crippen LogP contribution in [0, 0.1) is 6.92 Å². The van der Waals surface area contributed by atoms with Crippen molar-refractivity contribution in [3.8, 4) is 0 Å². The van der Waals surface area contributed by atoms with E-state index in [0.717, 1.165) is 12.4 Å². The van der Waals surface area contributed by atoms with Gasteiger partial charge >= 0.3 is 0 Å². The smallest absolute Gasteiger partial charge is 0.265 e. The molecule has 0 atom stereocenters. The molecule has 18 heavy (non-hydrogen) atoms. The molecule has 2 aromatic rings. The third-order valence-electron chi connectivity index (χ3n) is 2.21. The SMILES string of the molecule is Cc1ncccc1NS(=O)(=O)c1cnc(N)nc1. The van der Waals surface area contributed by atoms with Gasteiger partial charge in [0, 0.05) is 6.20 Å². The van der Waals surface area contributed by atoms with Gasteiger partial charge in [-0.25, -0.2) is 18.4 Å². The standard InChI is InChI=1S/C10H11N5O2S/c1-7-9(3-2-4-12-7)15-18(16,17)8-5-13-10(11)14-6-8/h2-6,15H,1H3,(H2,11,13,14). The number of nitrogens with one attached hydrogen (secondary N) is 1. The molecule has 0 aliphatic heterocycles. The van der Waals surface area contributed by atoms with Gasteiger partial charge in [-0.2, -0.15) is 0 Å². The van der Waals surface area contributed by atoms with Gasteiger partial charge in [0.1, 0.15) is 4.90 Å². The van der Waals surface area contributed by atoms with Gasteiger partial charge in [-0.05, 0) is 19.1 Å². The maximum Gasteiger partial charge on any atom is 0.265 e. The first-order valence-electron chi connectivity index (χ1n) is 5.01. The molecule has 0 aliphatic rings. The number of nitrogens with zero attached hydrogens (tertiary/aromatic N) is 3. The van der Waals surface area contributed by atoms with Crippen LogP contribution in [0.2, 0.25) is 0 Å². The van der Waals surface area contributed by atoms with Gasteiger partial charge < -0.3 is 5.73 Å². The average molecular weight is 265 g/mol. The van der Waals surface area contributed by atoms with Gasteiger partial charge in [0.25, 0.3) is 10.0 Å². The monoisotopic (exact) mass is 265 g/mol. The molecule has 0 aliphatic carbocycles. The van der Waals surface area contributed by atoms with Crippen LogP contribution in [-0.2, 0) is 10.0 Å². The summed E-state index contributed by atoms with van der Waals surface area (Å²) in [5, 5.41) is 0. The van der Waals surface area contributed by atoms with E-state index in [1.54, 1.807) is 25.3 Å². The Hall–Kier alpha value is -2.22. The molecular formula is C10H11N5O2S. The third kappa shape index (κ3) is 2.54. The molecule has 0 saturated heterocycles. The zero-order valence-corrected chi connectivity index (χ0v) is 10.3. The summed E-state index contributed by atoms with van der Waals surface area (Å²) in [7, 11) is -3.72. The van der Waals surface area contributed by atoms with E-state index >= 15 is 0 Å². The first-order valence-corrected chi connectivity index (χ1v) is 6.49. The predicted octanol–water partition coefficient (Wildman–Crippen LogP) is 0.563. The summed E-state index contributed by atoms with van der Waals surface area (Å²) >= 11 is 0. The Kier molecular flexibility index (Phi) is 3.11. The Morgan fingerprint density at radius 2 is 1.89 bits per heavy atom. The van der Waals surface area contributed by atoms with Gasteiger partial charge in [-0.1, -0.05) is 0 Å². The number of pyridine rings is 1. The van der Waals surface area contributed by atoms with Crippen molar-refractivity contribution in [1.29, 1.82) is 0 Å². The molecule has 3 N–H and O–H groups in total. The molecule has 0 bridgehead atoms. The Balaban J connectivity index is 2.33. The molecule has 0 spiro atoms. The van der Waals surface area contributed by atoms with Crippen molar-refractivity contribution < 1.29 is 8.42 Å². The molecule has 94 valence electrons. The van der Waals surface area contributed by atoms with Crippen LogP contribution in [0.3, 0.4) is 0 Å². The predicted molar refractivity (Wildman–Crippen MR) is 66.2 cm³/mol. The second-order valence-corrected chi connectivity index (χ2v) is 5.20. The van der Waals surface area contributed by atoms with Crippen molar-refractivity contribution >= 4 is 21.7 Å². The van der Waals surface area contributed by atoms with Gasteiger partial charge in [0.15, 0.2) is 0 Å². The molecule has 0 aromatic carbocycles. The molecule has 7 nitrogen and oxygen atoms in total. The van der Waals surface area contributed by atoms with Crippen LogP contribution in [0.25, 0.3) is 0 Å². The molecule has 2 rings (SSSR count). The molecule has 0 saturated carbocycles. The highest BCUT2D eigenvalue weighted by Crippen LogP contribution is 2.16. The summed E-state index contributed by atoms with van der Waals surface area (Å²) < 4.78 is 26.4. The van der Waals surface area contributed by atoms with Crippen LogP contribution >= 0.6 is 0 Å². The van der Waals surface area contributed by atoms with Gasteiger partial charge in [0.05, 0.1) is 23.8 Å². The molecule has 0 radical (unpaired) electrons. The number of aryl methyl sites for hydroxylation is 1. The Bertz CT molecular complexity index is 654. The molecule has 0 unspecified atom stereocenters. The maximum absolute atomic E-state index is 12.0. The summed E-state index contributed by atoms with van der Waals surface area (Å²) in [6.45, 7) is 1.71. The van der Waals surface area contributed by atoms with Crippen molar-refractivity contribution in [3.05, 3.63) is 36.4 Å². The zero-order valence-electron chi connectivity index (χ0n) is 9.53. The summed E-state index contributed by atoms with van der Waals surface area (Å²) in [6.07, 6.45) is 3.88. The highest BCUT2D eigenvalue weighted by molar-refractivity contribution is 7.92. The zero-order chi connectivity index (χ0) is 13.2. The second-order valence-electron chi connectivity index (χ2n) is 3.52. The fourth-order valence-electron chi connectivity index (χ4n) is 1.26. The second kappa shape index (κ2) is 4.57. The lowest BCUT2D eigenvalue weighted by molar-refractivity contribution is 0.600. The van der Waals surface area contributed by atoms with Gasteiger partial charge in [-0.3, -0.25) is 9.71 Å². The number of rotatable bonds is 3. The van der Waals surface area contributed by atoms with Gasteiger partial charge in [-0.15, -0.1) is 0 Å². The fraction of sp³-hybridized carbons (Fsp3) is 0.100. The van der Waals surface area contributed by atoms with Crippen LogP contribution in [0.4, 0.5) is 11.6 Å². The molecule has 8 heteroatoms. The molecule has 2 aromatic heterocycles. The van der Waals surface area contributed by atoms with E-state index in [1.807, 2.05) is 0 Å². The number of aromatic nitrogens is 3. The normalized spacial score (nSPS) is 11.2. The minimum absolute atomic E-state index is 0.0199. The molecular weight excluding hydrogens is 254 g/mol. The van der Waals surface area contributed by atoms with E-state index < -0.39 is 10.0 Å². The van der Waals surface area contributed by atoms with Crippen molar-refractivity contribution in [2.45, 2.75) is 11.8 Å². The largest absolute Gasteiger partial charge is 0.368 e. The quantitative estimate of drug-likeness (QED) is 0.839. The minimum atomic E-state index is -3.72. The van der Waals surface area contributed by atoms with Crippen LogP contribution in [0.15, 0.2) is 35.6 Å². The maximum atomic E-state index is 12.0. The molecule has 0 amide bonds. The number of anilines is 2. The fourth-order valence-corrected chi connectivity index (χ4v) is 2.27. The highest BCUT2D eigenvalue weighted by atomic mass is 32.2. The lowest BCUT2D eigenvalue weighted by Crippen LogP contribution is -2.15.